The summed E-state index contributed by atoms with van der Waals surface area (Å²) in [7, 11) is 1.76. The van der Waals surface area contributed by atoms with Crippen LogP contribution in [-0.4, -0.2) is 32.7 Å². The van der Waals surface area contributed by atoms with E-state index in [9.17, 15) is 9.90 Å². The van der Waals surface area contributed by atoms with E-state index in [1.807, 2.05) is 13.8 Å². The number of hydrogen-bond acceptors (Lipinski definition) is 3. The normalized spacial score (nSPS) is 11.5. The lowest BCUT2D eigenvalue weighted by molar-refractivity contribution is 0.0312. The van der Waals surface area contributed by atoms with Gasteiger partial charge in [-0.25, -0.2) is 4.98 Å². The first-order valence-electron chi connectivity index (χ1n) is 5.49. The molecule has 90 valence electrons. The Bertz CT molecular complexity index is 356. The highest BCUT2D eigenvalue weighted by molar-refractivity contribution is 5.92. The Hall–Kier alpha value is -1.36. The van der Waals surface area contributed by atoms with Crippen molar-refractivity contribution in [3.8, 4) is 0 Å². The number of carbonyl (C=O) groups is 1. The van der Waals surface area contributed by atoms with Crippen molar-refractivity contribution < 1.29 is 9.90 Å². The van der Waals surface area contributed by atoms with Crippen LogP contribution in [0.15, 0.2) is 12.5 Å². The molecule has 0 spiro atoms. The van der Waals surface area contributed by atoms with Gasteiger partial charge in [0.2, 0.25) is 0 Å². The first-order chi connectivity index (χ1) is 7.52. The Morgan fingerprint density at radius 2 is 2.19 bits per heavy atom. The van der Waals surface area contributed by atoms with Gasteiger partial charge in [-0.3, -0.25) is 4.79 Å². The van der Waals surface area contributed by atoms with E-state index in [-0.39, 0.29) is 12.5 Å². The number of carbonyl (C=O) groups excluding carboxylic acids is 1. The van der Waals surface area contributed by atoms with Crippen LogP contribution in [0, 0.1) is 0 Å². The second-order valence-corrected chi connectivity index (χ2v) is 4.00. The number of aromatic nitrogens is 2. The van der Waals surface area contributed by atoms with E-state index in [1.165, 1.54) is 6.20 Å². The first kappa shape index (κ1) is 12.7. The van der Waals surface area contributed by atoms with Crippen LogP contribution in [0.5, 0.6) is 0 Å². The van der Waals surface area contributed by atoms with E-state index in [4.69, 9.17) is 0 Å². The molecule has 0 saturated heterocycles. The molecule has 1 rings (SSSR count). The summed E-state index contributed by atoms with van der Waals surface area (Å²) in [6.45, 7) is 4.07. The Labute approximate surface area is 95.5 Å². The van der Waals surface area contributed by atoms with Gasteiger partial charge in [0.05, 0.1) is 18.1 Å². The summed E-state index contributed by atoms with van der Waals surface area (Å²) >= 11 is 0. The van der Waals surface area contributed by atoms with Crippen molar-refractivity contribution in [1.82, 2.24) is 14.9 Å². The Morgan fingerprint density at radius 1 is 1.56 bits per heavy atom. The van der Waals surface area contributed by atoms with Crippen molar-refractivity contribution in [2.24, 2.45) is 7.05 Å². The third-order valence-electron chi connectivity index (χ3n) is 2.94. The van der Waals surface area contributed by atoms with Crippen molar-refractivity contribution in [2.45, 2.75) is 32.3 Å². The van der Waals surface area contributed by atoms with Crippen molar-refractivity contribution in [3.63, 3.8) is 0 Å². The molecule has 0 bridgehead atoms. The van der Waals surface area contributed by atoms with Crippen LogP contribution in [0.3, 0.4) is 0 Å². The summed E-state index contributed by atoms with van der Waals surface area (Å²) in [4.78, 5) is 15.6. The molecule has 0 atom stereocenters. The van der Waals surface area contributed by atoms with E-state index in [0.717, 1.165) is 0 Å². The van der Waals surface area contributed by atoms with Crippen LogP contribution in [0.25, 0.3) is 0 Å². The molecular weight excluding hydrogens is 206 g/mol. The molecule has 5 heteroatoms. The number of amides is 1. The van der Waals surface area contributed by atoms with Crippen LogP contribution in [0.1, 0.15) is 37.2 Å². The van der Waals surface area contributed by atoms with Crippen LogP contribution in [0.2, 0.25) is 0 Å². The second kappa shape index (κ2) is 5.12. The molecule has 0 aliphatic carbocycles. The first-order valence-corrected chi connectivity index (χ1v) is 5.49. The molecule has 0 fully saturated rings. The minimum atomic E-state index is -0.811. The molecule has 0 saturated carbocycles. The molecule has 0 radical (unpaired) electrons. The maximum absolute atomic E-state index is 11.7. The molecule has 1 heterocycles. The van der Waals surface area contributed by atoms with E-state index >= 15 is 0 Å². The average molecular weight is 225 g/mol. The number of nitrogens with one attached hydrogen (secondary N) is 1. The number of rotatable bonds is 5. The fraction of sp³-hybridized carbons (Fsp3) is 0.636. The SMILES string of the molecule is CCC(O)(CC)CNC(=O)c1cncn1C. The Kier molecular flexibility index (Phi) is 4.06. The summed E-state index contributed by atoms with van der Waals surface area (Å²) in [6, 6.07) is 0. The molecule has 1 amide bonds. The molecule has 0 aromatic carbocycles. The van der Waals surface area contributed by atoms with Crippen LogP contribution in [0.4, 0.5) is 0 Å². The zero-order valence-electron chi connectivity index (χ0n) is 10.0. The molecule has 1 aromatic rings. The van der Waals surface area contributed by atoms with E-state index in [0.29, 0.717) is 18.5 Å². The van der Waals surface area contributed by atoms with Gasteiger partial charge in [0.15, 0.2) is 0 Å². The van der Waals surface area contributed by atoms with Gasteiger partial charge in [-0.2, -0.15) is 0 Å². The largest absolute Gasteiger partial charge is 0.388 e. The van der Waals surface area contributed by atoms with Gasteiger partial charge in [0.25, 0.3) is 5.91 Å². The van der Waals surface area contributed by atoms with Crippen LogP contribution in [-0.2, 0) is 7.05 Å². The predicted molar refractivity (Wildman–Crippen MR) is 61.1 cm³/mol. The van der Waals surface area contributed by atoms with Crippen molar-refractivity contribution in [3.05, 3.63) is 18.2 Å². The van der Waals surface area contributed by atoms with Crippen LogP contribution >= 0.6 is 0 Å². The summed E-state index contributed by atoms with van der Waals surface area (Å²) in [5.74, 6) is -0.208. The lowest BCUT2D eigenvalue weighted by Gasteiger charge is -2.25. The maximum Gasteiger partial charge on any atom is 0.269 e. The molecule has 0 unspecified atom stereocenters. The van der Waals surface area contributed by atoms with Gasteiger partial charge in [0, 0.05) is 13.6 Å². The number of imidazole rings is 1. The molecule has 0 aliphatic rings. The predicted octanol–water partition coefficient (Wildman–Crippen LogP) is 0.701. The molecular formula is C11H19N3O2. The van der Waals surface area contributed by atoms with E-state index in [2.05, 4.69) is 10.3 Å². The number of nitrogens with zero attached hydrogens (tertiary/aromatic N) is 2. The molecule has 16 heavy (non-hydrogen) atoms. The van der Waals surface area contributed by atoms with Crippen molar-refractivity contribution in [2.75, 3.05) is 6.54 Å². The summed E-state index contributed by atoms with van der Waals surface area (Å²) in [5, 5.41) is 12.7. The van der Waals surface area contributed by atoms with Gasteiger partial charge in [-0.05, 0) is 12.8 Å². The van der Waals surface area contributed by atoms with Gasteiger partial charge in [-0.1, -0.05) is 13.8 Å². The summed E-state index contributed by atoms with van der Waals surface area (Å²) in [6.07, 6.45) is 4.32. The quantitative estimate of drug-likeness (QED) is 0.775. The lowest BCUT2D eigenvalue weighted by atomic mass is 9.97. The van der Waals surface area contributed by atoms with Crippen molar-refractivity contribution in [1.29, 1.82) is 0 Å². The van der Waals surface area contributed by atoms with Crippen LogP contribution < -0.4 is 5.32 Å². The third kappa shape index (κ3) is 2.82. The monoisotopic (exact) mass is 225 g/mol. The molecule has 0 aliphatic heterocycles. The maximum atomic E-state index is 11.7. The molecule has 5 nitrogen and oxygen atoms in total. The zero-order chi connectivity index (χ0) is 12.2. The van der Waals surface area contributed by atoms with E-state index < -0.39 is 5.60 Å². The van der Waals surface area contributed by atoms with Gasteiger partial charge in [-0.15, -0.1) is 0 Å². The van der Waals surface area contributed by atoms with Gasteiger partial charge in [0.1, 0.15) is 5.69 Å². The molecule has 2 N–H and O–H groups in total. The third-order valence-corrected chi connectivity index (χ3v) is 2.94. The Balaban J connectivity index is 2.57. The fourth-order valence-corrected chi connectivity index (χ4v) is 1.41. The number of aliphatic hydroxyl groups is 1. The smallest absolute Gasteiger partial charge is 0.269 e. The van der Waals surface area contributed by atoms with Gasteiger partial charge >= 0.3 is 0 Å². The minimum absolute atomic E-state index is 0.208. The second-order valence-electron chi connectivity index (χ2n) is 4.00. The topological polar surface area (TPSA) is 67.2 Å². The minimum Gasteiger partial charge on any atom is -0.388 e. The Morgan fingerprint density at radius 3 is 2.62 bits per heavy atom. The summed E-state index contributed by atoms with van der Waals surface area (Å²) < 4.78 is 1.65. The zero-order valence-corrected chi connectivity index (χ0v) is 10.0. The average Bonchev–Trinajstić information content (AvgIpc) is 2.72. The summed E-state index contributed by atoms with van der Waals surface area (Å²) in [5.41, 5.74) is -0.316. The fourth-order valence-electron chi connectivity index (χ4n) is 1.41. The number of aryl methyl sites for hydroxylation is 1. The number of hydrogen-bond donors (Lipinski definition) is 2. The van der Waals surface area contributed by atoms with Crippen molar-refractivity contribution >= 4 is 5.91 Å². The highest BCUT2D eigenvalue weighted by Gasteiger charge is 2.23. The lowest BCUT2D eigenvalue weighted by Crippen LogP contribution is -2.42. The van der Waals surface area contributed by atoms with Gasteiger partial charge < -0.3 is 15.0 Å². The highest BCUT2D eigenvalue weighted by atomic mass is 16.3. The standard InChI is InChI=1S/C11H19N3O2/c1-4-11(16,5-2)7-13-10(15)9-6-12-8-14(9)3/h6,8,16H,4-5,7H2,1-3H3,(H,13,15). The molecule has 1 aromatic heterocycles. The van der Waals surface area contributed by atoms with E-state index in [1.54, 1.807) is 17.9 Å². The highest BCUT2D eigenvalue weighted by Crippen LogP contribution is 2.13.